The van der Waals surface area contributed by atoms with E-state index in [1.807, 2.05) is 31.2 Å². The quantitative estimate of drug-likeness (QED) is 0.890. The van der Waals surface area contributed by atoms with Crippen molar-refractivity contribution < 1.29 is 14.4 Å². The van der Waals surface area contributed by atoms with Crippen LogP contribution in [0.5, 0.6) is 0 Å². The van der Waals surface area contributed by atoms with Gasteiger partial charge in [-0.05, 0) is 44.0 Å². The number of aromatic nitrogens is 1. The number of hydrogen-bond acceptors (Lipinski definition) is 5. The van der Waals surface area contributed by atoms with Crippen molar-refractivity contribution in [3.8, 4) is 0 Å². The second-order valence-electron chi connectivity index (χ2n) is 7.38. The third-order valence-corrected chi connectivity index (χ3v) is 5.11. The lowest BCUT2D eigenvalue weighted by Gasteiger charge is -2.38. The summed E-state index contributed by atoms with van der Waals surface area (Å²) in [5.74, 6) is -0.313. The maximum Gasteiger partial charge on any atom is 0.273 e. The lowest BCUT2D eigenvalue weighted by Crippen LogP contribution is -2.50. The molecule has 144 valence electrons. The van der Waals surface area contributed by atoms with E-state index in [1.165, 1.54) is 0 Å². The number of nitrogens with one attached hydrogen (secondary N) is 1. The molecule has 1 aromatic heterocycles. The van der Waals surface area contributed by atoms with Crippen LogP contribution in [0, 0.1) is 6.92 Å². The monoisotopic (exact) mass is 378 g/mol. The molecule has 1 N–H and O–H groups in total. The van der Waals surface area contributed by atoms with Gasteiger partial charge in [-0.3, -0.25) is 14.6 Å². The van der Waals surface area contributed by atoms with Crippen molar-refractivity contribution >= 4 is 23.2 Å². The standard InChI is InChI=1S/C21H22N4O3/c1-15-5-2-6-16(11-15)20(27)25-10-4-8-21(14-25)12-18(24-28-21)19(26)23-17-7-3-9-22-13-17/h2-3,5-7,9,11,13H,4,8,10,12,14H2,1H3,(H,23,26)/t21-/m1/s1. The Morgan fingerprint density at radius 2 is 2.14 bits per heavy atom. The minimum Gasteiger partial charge on any atom is -0.386 e. The molecule has 0 saturated carbocycles. The zero-order valence-electron chi connectivity index (χ0n) is 15.7. The van der Waals surface area contributed by atoms with Crippen LogP contribution in [0.1, 0.15) is 35.2 Å². The van der Waals surface area contributed by atoms with Crippen LogP contribution in [0.2, 0.25) is 0 Å². The van der Waals surface area contributed by atoms with Crippen LogP contribution in [-0.2, 0) is 9.63 Å². The summed E-state index contributed by atoms with van der Waals surface area (Å²) in [6, 6.07) is 11.1. The Morgan fingerprint density at radius 1 is 1.25 bits per heavy atom. The van der Waals surface area contributed by atoms with E-state index in [0.717, 1.165) is 18.4 Å². The molecule has 0 unspecified atom stereocenters. The van der Waals surface area contributed by atoms with Gasteiger partial charge in [-0.15, -0.1) is 0 Å². The number of aryl methyl sites for hydroxylation is 1. The summed E-state index contributed by atoms with van der Waals surface area (Å²) in [5, 5.41) is 6.81. The minimum atomic E-state index is -0.626. The minimum absolute atomic E-state index is 0.0142. The Bertz CT molecular complexity index is 928. The molecule has 3 heterocycles. The molecule has 1 saturated heterocycles. The van der Waals surface area contributed by atoms with Gasteiger partial charge in [0.1, 0.15) is 5.71 Å². The Labute approximate surface area is 163 Å². The average Bonchev–Trinajstić information content (AvgIpc) is 3.11. The van der Waals surface area contributed by atoms with Gasteiger partial charge in [-0.1, -0.05) is 22.9 Å². The summed E-state index contributed by atoms with van der Waals surface area (Å²) in [5.41, 5.74) is 2.04. The second kappa shape index (κ2) is 7.42. The predicted molar refractivity (Wildman–Crippen MR) is 105 cm³/mol. The highest BCUT2D eigenvalue weighted by Gasteiger charge is 2.45. The number of benzene rings is 1. The summed E-state index contributed by atoms with van der Waals surface area (Å²) in [6.07, 6.45) is 5.18. The van der Waals surface area contributed by atoms with Crippen LogP contribution in [0.3, 0.4) is 0 Å². The molecule has 0 radical (unpaired) electrons. The van der Waals surface area contributed by atoms with Gasteiger partial charge in [0.15, 0.2) is 5.60 Å². The van der Waals surface area contributed by atoms with Crippen molar-refractivity contribution in [1.82, 2.24) is 9.88 Å². The number of oxime groups is 1. The van der Waals surface area contributed by atoms with Gasteiger partial charge < -0.3 is 15.1 Å². The molecule has 1 spiro atoms. The molecule has 7 heteroatoms. The molecule has 7 nitrogen and oxygen atoms in total. The molecule has 4 rings (SSSR count). The number of rotatable bonds is 3. The first kappa shape index (κ1) is 18.2. The van der Waals surface area contributed by atoms with Crippen LogP contribution < -0.4 is 5.32 Å². The molecule has 2 amide bonds. The van der Waals surface area contributed by atoms with Gasteiger partial charge in [-0.2, -0.15) is 0 Å². The summed E-state index contributed by atoms with van der Waals surface area (Å²) in [7, 11) is 0. The van der Waals surface area contributed by atoms with E-state index in [9.17, 15) is 9.59 Å². The molecule has 28 heavy (non-hydrogen) atoms. The number of piperidine rings is 1. The summed E-state index contributed by atoms with van der Waals surface area (Å²) in [4.78, 5) is 36.9. The highest BCUT2D eigenvalue weighted by atomic mass is 16.7. The number of likely N-dealkylation sites (tertiary alicyclic amines) is 1. The van der Waals surface area contributed by atoms with E-state index in [2.05, 4.69) is 15.5 Å². The predicted octanol–water partition coefficient (Wildman–Crippen LogP) is 2.78. The number of nitrogens with zero attached hydrogens (tertiary/aromatic N) is 3. The first-order chi connectivity index (χ1) is 13.5. The van der Waals surface area contributed by atoms with Crippen molar-refractivity contribution in [1.29, 1.82) is 0 Å². The Hall–Kier alpha value is -3.22. The van der Waals surface area contributed by atoms with E-state index in [-0.39, 0.29) is 11.8 Å². The van der Waals surface area contributed by atoms with Gasteiger partial charge in [-0.25, -0.2) is 0 Å². The number of pyridine rings is 1. The number of amides is 2. The van der Waals surface area contributed by atoms with Crippen molar-refractivity contribution in [2.24, 2.45) is 5.16 Å². The van der Waals surface area contributed by atoms with E-state index in [0.29, 0.717) is 36.5 Å². The van der Waals surface area contributed by atoms with E-state index in [1.54, 1.807) is 29.4 Å². The smallest absolute Gasteiger partial charge is 0.273 e. The van der Waals surface area contributed by atoms with Gasteiger partial charge >= 0.3 is 0 Å². The molecule has 2 aliphatic rings. The maximum absolute atomic E-state index is 12.9. The van der Waals surface area contributed by atoms with Crippen LogP contribution in [0.15, 0.2) is 53.9 Å². The molecule has 1 aromatic carbocycles. The Kier molecular flexibility index (Phi) is 4.81. The number of carbonyl (C=O) groups excluding carboxylic acids is 2. The van der Waals surface area contributed by atoms with Gasteiger partial charge in [0, 0.05) is 24.7 Å². The molecular weight excluding hydrogens is 356 g/mol. The third-order valence-electron chi connectivity index (χ3n) is 5.11. The molecule has 1 fully saturated rings. The molecule has 0 bridgehead atoms. The van der Waals surface area contributed by atoms with Crippen molar-refractivity contribution in [3.05, 3.63) is 59.9 Å². The van der Waals surface area contributed by atoms with Crippen molar-refractivity contribution in [3.63, 3.8) is 0 Å². The molecule has 2 aliphatic heterocycles. The summed E-state index contributed by atoms with van der Waals surface area (Å²) < 4.78 is 0. The zero-order chi connectivity index (χ0) is 19.6. The van der Waals surface area contributed by atoms with E-state index in [4.69, 9.17) is 4.84 Å². The molecular formula is C21H22N4O3. The van der Waals surface area contributed by atoms with Crippen LogP contribution in [0.25, 0.3) is 0 Å². The molecule has 2 aromatic rings. The van der Waals surface area contributed by atoms with Crippen LogP contribution in [0.4, 0.5) is 5.69 Å². The van der Waals surface area contributed by atoms with Crippen molar-refractivity contribution in [2.75, 3.05) is 18.4 Å². The van der Waals surface area contributed by atoms with Crippen molar-refractivity contribution in [2.45, 2.75) is 31.8 Å². The SMILES string of the molecule is Cc1cccc(C(=O)N2CCC[C@@]3(CC(C(=O)Nc4cccnc4)=NO3)C2)c1. The fraction of sp³-hybridized carbons (Fsp3) is 0.333. The largest absolute Gasteiger partial charge is 0.386 e. The van der Waals surface area contributed by atoms with Gasteiger partial charge in [0.2, 0.25) is 0 Å². The first-order valence-electron chi connectivity index (χ1n) is 9.37. The second-order valence-corrected chi connectivity index (χ2v) is 7.38. The van der Waals surface area contributed by atoms with Crippen LogP contribution >= 0.6 is 0 Å². The Balaban J connectivity index is 1.42. The zero-order valence-corrected chi connectivity index (χ0v) is 15.7. The third kappa shape index (κ3) is 3.74. The Morgan fingerprint density at radius 3 is 2.93 bits per heavy atom. The number of hydrogen-bond donors (Lipinski definition) is 1. The lowest BCUT2D eigenvalue weighted by molar-refractivity contribution is -0.110. The van der Waals surface area contributed by atoms with E-state index >= 15 is 0 Å². The highest BCUT2D eigenvalue weighted by Crippen LogP contribution is 2.34. The maximum atomic E-state index is 12.9. The topological polar surface area (TPSA) is 83.9 Å². The van der Waals surface area contributed by atoms with Gasteiger partial charge in [0.05, 0.1) is 18.4 Å². The fourth-order valence-corrected chi connectivity index (χ4v) is 3.73. The highest BCUT2D eigenvalue weighted by molar-refractivity contribution is 6.43. The lowest BCUT2D eigenvalue weighted by atomic mass is 9.87. The first-order valence-corrected chi connectivity index (χ1v) is 9.37. The average molecular weight is 378 g/mol. The summed E-state index contributed by atoms with van der Waals surface area (Å²) in [6.45, 7) is 3.07. The number of anilines is 1. The van der Waals surface area contributed by atoms with E-state index < -0.39 is 5.60 Å². The van der Waals surface area contributed by atoms with Gasteiger partial charge in [0.25, 0.3) is 11.8 Å². The molecule has 0 aliphatic carbocycles. The fourth-order valence-electron chi connectivity index (χ4n) is 3.73. The normalized spacial score (nSPS) is 21.2. The van der Waals surface area contributed by atoms with Crippen LogP contribution in [-0.4, -0.2) is 46.1 Å². The molecule has 1 atom stereocenters. The summed E-state index contributed by atoms with van der Waals surface area (Å²) >= 11 is 0. The number of carbonyl (C=O) groups is 2.